The summed E-state index contributed by atoms with van der Waals surface area (Å²) in [6.07, 6.45) is 5.35. The summed E-state index contributed by atoms with van der Waals surface area (Å²) in [4.78, 5) is 29.6. The molecule has 5 nitrogen and oxygen atoms in total. The number of likely N-dealkylation sites (tertiary alicyclic amines) is 2. The Labute approximate surface area is 186 Å². The fraction of sp³-hybridized carbons (Fsp3) is 0.680. The number of piperidine rings is 2. The third-order valence-electron chi connectivity index (χ3n) is 6.56. The lowest BCUT2D eigenvalue weighted by Gasteiger charge is -2.35. The lowest BCUT2D eigenvalue weighted by Crippen LogP contribution is -2.46. The maximum Gasteiger partial charge on any atom is 0.227 e. The molecule has 2 heterocycles. The topological polar surface area (TPSA) is 52.7 Å². The summed E-state index contributed by atoms with van der Waals surface area (Å²) >= 11 is 0. The van der Waals surface area contributed by atoms with Crippen molar-refractivity contribution < 1.29 is 14.0 Å². The van der Waals surface area contributed by atoms with E-state index in [4.69, 9.17) is 0 Å². The number of nitrogens with zero attached hydrogens (tertiary/aromatic N) is 2. The van der Waals surface area contributed by atoms with E-state index < -0.39 is 0 Å². The normalized spacial score (nSPS) is 24.7. The molecule has 2 amide bonds. The molecule has 1 aromatic carbocycles. The number of benzene rings is 1. The second-order valence-electron chi connectivity index (χ2n) is 9.69. The molecule has 0 radical (unpaired) electrons. The zero-order chi connectivity index (χ0) is 22.2. The Morgan fingerprint density at radius 2 is 1.77 bits per heavy atom. The largest absolute Gasteiger partial charge is 0.356 e. The average molecular weight is 432 g/mol. The van der Waals surface area contributed by atoms with Crippen molar-refractivity contribution in [1.29, 1.82) is 0 Å². The highest BCUT2D eigenvalue weighted by atomic mass is 19.1. The zero-order valence-corrected chi connectivity index (χ0v) is 19.1. The Hall–Kier alpha value is -1.95. The second kappa shape index (κ2) is 11.6. The number of rotatable bonds is 8. The first-order valence-electron chi connectivity index (χ1n) is 11.9. The number of hydrogen-bond acceptors (Lipinski definition) is 3. The number of hydrogen-bond donors (Lipinski definition) is 1. The SMILES string of the molecule is CC1CC(C)CN(CCCCNC(=O)C2CCCN(C(=O)Cc3ccc(F)cc3)C2)C1. The number of nitrogens with one attached hydrogen (secondary N) is 1. The predicted molar refractivity (Wildman–Crippen MR) is 121 cm³/mol. The molecule has 3 atom stereocenters. The van der Waals surface area contributed by atoms with Gasteiger partial charge in [-0.2, -0.15) is 0 Å². The lowest BCUT2D eigenvalue weighted by atomic mass is 9.92. The molecule has 0 bridgehead atoms. The third-order valence-corrected chi connectivity index (χ3v) is 6.56. The van der Waals surface area contributed by atoms with Gasteiger partial charge in [0, 0.05) is 32.7 Å². The second-order valence-corrected chi connectivity index (χ2v) is 9.69. The summed E-state index contributed by atoms with van der Waals surface area (Å²) in [5, 5.41) is 3.09. The first-order valence-corrected chi connectivity index (χ1v) is 11.9. The van der Waals surface area contributed by atoms with Crippen molar-refractivity contribution in [3.8, 4) is 0 Å². The van der Waals surface area contributed by atoms with Crippen LogP contribution in [-0.2, 0) is 16.0 Å². The number of halogens is 1. The molecule has 31 heavy (non-hydrogen) atoms. The van der Waals surface area contributed by atoms with Crippen LogP contribution in [0.15, 0.2) is 24.3 Å². The first kappa shape index (κ1) is 23.7. The van der Waals surface area contributed by atoms with E-state index in [1.165, 1.54) is 31.6 Å². The van der Waals surface area contributed by atoms with Gasteiger partial charge < -0.3 is 15.1 Å². The minimum absolute atomic E-state index is 0.00842. The Morgan fingerprint density at radius 3 is 2.48 bits per heavy atom. The molecule has 0 saturated carbocycles. The average Bonchev–Trinajstić information content (AvgIpc) is 2.74. The number of carbonyl (C=O) groups excluding carboxylic acids is 2. The van der Waals surface area contributed by atoms with Gasteiger partial charge in [-0.1, -0.05) is 26.0 Å². The van der Waals surface area contributed by atoms with Crippen LogP contribution in [0.3, 0.4) is 0 Å². The van der Waals surface area contributed by atoms with Crippen LogP contribution in [0.4, 0.5) is 4.39 Å². The maximum atomic E-state index is 13.1. The fourth-order valence-electron chi connectivity index (χ4n) is 5.10. The quantitative estimate of drug-likeness (QED) is 0.641. The Morgan fingerprint density at radius 1 is 1.06 bits per heavy atom. The van der Waals surface area contributed by atoms with Gasteiger partial charge >= 0.3 is 0 Å². The summed E-state index contributed by atoms with van der Waals surface area (Å²) in [5.74, 6) is 1.21. The van der Waals surface area contributed by atoms with Crippen molar-refractivity contribution in [3.63, 3.8) is 0 Å². The van der Waals surface area contributed by atoms with Crippen molar-refractivity contribution in [2.75, 3.05) is 39.3 Å². The van der Waals surface area contributed by atoms with Crippen molar-refractivity contribution in [2.24, 2.45) is 17.8 Å². The van der Waals surface area contributed by atoms with Crippen LogP contribution in [0.2, 0.25) is 0 Å². The van der Waals surface area contributed by atoms with E-state index in [-0.39, 0.29) is 30.0 Å². The number of unbranched alkanes of at least 4 members (excludes halogenated alkanes) is 1. The van der Waals surface area contributed by atoms with Crippen LogP contribution in [0.1, 0.15) is 51.5 Å². The van der Waals surface area contributed by atoms with Gasteiger partial charge in [-0.05, 0) is 68.2 Å². The van der Waals surface area contributed by atoms with Gasteiger partial charge in [0.05, 0.1) is 12.3 Å². The van der Waals surface area contributed by atoms with Gasteiger partial charge in [0.25, 0.3) is 0 Å². The minimum Gasteiger partial charge on any atom is -0.356 e. The molecule has 2 aliphatic rings. The van der Waals surface area contributed by atoms with Crippen molar-refractivity contribution in [3.05, 3.63) is 35.6 Å². The van der Waals surface area contributed by atoms with Gasteiger partial charge in [0.15, 0.2) is 0 Å². The molecule has 0 aromatic heterocycles. The zero-order valence-electron chi connectivity index (χ0n) is 19.1. The molecule has 0 spiro atoms. The van der Waals surface area contributed by atoms with E-state index in [1.54, 1.807) is 17.0 Å². The Balaban J connectivity index is 1.34. The first-order chi connectivity index (χ1) is 14.9. The predicted octanol–water partition coefficient (Wildman–Crippen LogP) is 3.48. The Bertz CT molecular complexity index is 714. The molecular weight excluding hydrogens is 393 g/mol. The van der Waals surface area contributed by atoms with E-state index in [9.17, 15) is 14.0 Å². The van der Waals surface area contributed by atoms with Gasteiger partial charge in [0.1, 0.15) is 5.82 Å². The van der Waals surface area contributed by atoms with Crippen LogP contribution < -0.4 is 5.32 Å². The molecule has 1 N–H and O–H groups in total. The number of carbonyl (C=O) groups is 2. The van der Waals surface area contributed by atoms with Crippen molar-refractivity contribution >= 4 is 11.8 Å². The lowest BCUT2D eigenvalue weighted by molar-refractivity contribution is -0.135. The van der Waals surface area contributed by atoms with E-state index in [0.29, 0.717) is 19.6 Å². The molecule has 1 aromatic rings. The van der Waals surface area contributed by atoms with Gasteiger partial charge in [-0.3, -0.25) is 9.59 Å². The summed E-state index contributed by atoms with van der Waals surface area (Å²) in [7, 11) is 0. The highest BCUT2D eigenvalue weighted by Gasteiger charge is 2.28. The summed E-state index contributed by atoms with van der Waals surface area (Å²) in [6.45, 7) is 10.0. The summed E-state index contributed by atoms with van der Waals surface area (Å²) in [5.41, 5.74) is 0.801. The molecule has 0 aliphatic carbocycles. The minimum atomic E-state index is -0.300. The molecule has 3 unspecified atom stereocenters. The summed E-state index contributed by atoms with van der Waals surface area (Å²) < 4.78 is 13.1. The van der Waals surface area contributed by atoms with Gasteiger partial charge in [-0.25, -0.2) is 4.39 Å². The highest BCUT2D eigenvalue weighted by molar-refractivity contribution is 5.82. The maximum absolute atomic E-state index is 13.1. The molecule has 2 aliphatic heterocycles. The smallest absolute Gasteiger partial charge is 0.227 e. The monoisotopic (exact) mass is 431 g/mol. The van der Waals surface area contributed by atoms with Crippen molar-refractivity contribution in [1.82, 2.24) is 15.1 Å². The Kier molecular flexibility index (Phi) is 8.88. The van der Waals surface area contributed by atoms with E-state index in [1.807, 2.05) is 0 Å². The number of amides is 2. The standard InChI is InChI=1S/C25H38FN3O2/c1-19-14-20(2)17-28(16-19)12-4-3-11-27-25(31)22-6-5-13-29(18-22)24(30)15-21-7-9-23(26)10-8-21/h7-10,19-20,22H,3-6,11-18H2,1-2H3,(H,27,31). The van der Waals surface area contributed by atoms with Crippen LogP contribution >= 0.6 is 0 Å². The third kappa shape index (κ3) is 7.60. The summed E-state index contributed by atoms with van der Waals surface area (Å²) in [6, 6.07) is 6.04. The van der Waals surface area contributed by atoms with E-state index in [0.717, 1.165) is 49.6 Å². The molecule has 172 valence electrons. The van der Waals surface area contributed by atoms with Crippen LogP contribution in [0.25, 0.3) is 0 Å². The molecule has 3 rings (SSSR count). The van der Waals surface area contributed by atoms with Crippen LogP contribution in [-0.4, -0.2) is 60.9 Å². The van der Waals surface area contributed by atoms with Crippen molar-refractivity contribution in [2.45, 2.75) is 52.4 Å². The van der Waals surface area contributed by atoms with Crippen LogP contribution in [0, 0.1) is 23.6 Å². The highest BCUT2D eigenvalue weighted by Crippen LogP contribution is 2.21. The molecular formula is C25H38FN3O2. The molecule has 6 heteroatoms. The van der Waals surface area contributed by atoms with Gasteiger partial charge in [0.2, 0.25) is 11.8 Å². The fourth-order valence-corrected chi connectivity index (χ4v) is 5.10. The van der Waals surface area contributed by atoms with Crippen LogP contribution in [0.5, 0.6) is 0 Å². The molecule has 2 fully saturated rings. The van der Waals surface area contributed by atoms with Gasteiger partial charge in [-0.15, -0.1) is 0 Å². The molecule has 2 saturated heterocycles. The van der Waals surface area contributed by atoms with E-state index in [2.05, 4.69) is 24.1 Å². The van der Waals surface area contributed by atoms with E-state index >= 15 is 0 Å².